The van der Waals surface area contributed by atoms with Crippen molar-refractivity contribution in [3.8, 4) is 11.8 Å². The maximum absolute atomic E-state index is 11.9. The molecule has 0 aliphatic rings. The van der Waals surface area contributed by atoms with E-state index in [0.29, 0.717) is 11.3 Å². The van der Waals surface area contributed by atoms with Crippen LogP contribution in [0.4, 0.5) is 0 Å². The summed E-state index contributed by atoms with van der Waals surface area (Å²) in [4.78, 5) is 23.6. The van der Waals surface area contributed by atoms with E-state index >= 15 is 0 Å². The number of carbonyl (C=O) groups excluding carboxylic acids is 1. The van der Waals surface area contributed by atoms with Crippen molar-refractivity contribution in [1.82, 2.24) is 15.1 Å². The smallest absolute Gasteiger partial charge is 0.211 e. The van der Waals surface area contributed by atoms with E-state index in [1.807, 2.05) is 6.07 Å². The van der Waals surface area contributed by atoms with Crippen LogP contribution in [0.1, 0.15) is 23.5 Å². The molecule has 0 saturated carbocycles. The summed E-state index contributed by atoms with van der Waals surface area (Å²) in [5.41, 5.74) is 0.577. The predicted octanol–water partition coefficient (Wildman–Crippen LogP) is 1.66. The summed E-state index contributed by atoms with van der Waals surface area (Å²) < 4.78 is 1.42. The van der Waals surface area contributed by atoms with Gasteiger partial charge in [-0.05, 0) is 24.3 Å². The highest BCUT2D eigenvalue weighted by molar-refractivity contribution is 6.02. The molecular formula is C16H16N4O2. The van der Waals surface area contributed by atoms with Crippen LogP contribution in [0.3, 0.4) is 0 Å². The first-order chi connectivity index (χ1) is 10.2. The summed E-state index contributed by atoms with van der Waals surface area (Å²) >= 11 is 0. The molecule has 0 aliphatic heterocycles. The summed E-state index contributed by atoms with van der Waals surface area (Å²) in [6.07, 6.45) is 4.15. The van der Waals surface area contributed by atoms with Crippen molar-refractivity contribution in [1.29, 1.82) is 5.26 Å². The van der Waals surface area contributed by atoms with Gasteiger partial charge in [0.1, 0.15) is 0 Å². The van der Waals surface area contributed by atoms with Gasteiger partial charge >= 0.3 is 0 Å². The van der Waals surface area contributed by atoms with Gasteiger partial charge in [-0.2, -0.15) is 10.4 Å². The number of allylic oxidation sites excluding steroid dienone is 1. The fraction of sp³-hybridized carbons (Fsp3) is 0.125. The van der Waals surface area contributed by atoms with Crippen LogP contribution >= 0.6 is 0 Å². The van der Waals surface area contributed by atoms with E-state index < -0.39 is 11.2 Å². The number of nitriles is 1. The minimum Gasteiger partial charge on any atom is -0.394 e. The van der Waals surface area contributed by atoms with E-state index in [1.54, 1.807) is 31.3 Å². The highest BCUT2D eigenvalue weighted by Gasteiger charge is 2.10. The van der Waals surface area contributed by atoms with Gasteiger partial charge in [0.25, 0.3) is 0 Å². The van der Waals surface area contributed by atoms with Gasteiger partial charge in [-0.15, -0.1) is 0 Å². The van der Waals surface area contributed by atoms with E-state index in [0.717, 1.165) is 0 Å². The summed E-state index contributed by atoms with van der Waals surface area (Å²) in [7, 11) is 1.65. The van der Waals surface area contributed by atoms with Crippen LogP contribution in [0.5, 0.6) is 0 Å². The topological polar surface area (TPSA) is 87.8 Å². The highest BCUT2D eigenvalue weighted by Crippen LogP contribution is 2.07. The third-order valence-electron chi connectivity index (χ3n) is 2.70. The summed E-state index contributed by atoms with van der Waals surface area (Å²) in [6.45, 7) is 0. The van der Waals surface area contributed by atoms with Crippen LogP contribution in [0.25, 0.3) is 5.69 Å². The lowest BCUT2D eigenvalue weighted by atomic mass is 10.2. The number of hydrogen-bond acceptors (Lipinski definition) is 5. The van der Waals surface area contributed by atoms with E-state index in [4.69, 9.17) is 5.26 Å². The van der Waals surface area contributed by atoms with Crippen molar-refractivity contribution in [3.63, 3.8) is 0 Å². The van der Waals surface area contributed by atoms with Gasteiger partial charge in [-0.3, -0.25) is 9.59 Å². The maximum atomic E-state index is 11.9. The molecule has 1 N–H and O–H groups in total. The van der Waals surface area contributed by atoms with Crippen molar-refractivity contribution in [2.24, 2.45) is 0 Å². The summed E-state index contributed by atoms with van der Waals surface area (Å²) in [6, 6.07) is 9.95. The maximum Gasteiger partial charge on any atom is 0.211 e. The average Bonchev–Trinajstić information content (AvgIpc) is 2.53. The molecule has 0 unspecified atom stereocenters. The second-order valence-corrected chi connectivity index (χ2v) is 4.12. The first-order valence-electron chi connectivity index (χ1n) is 6.14. The Morgan fingerprint density at radius 3 is 2.59 bits per heavy atom. The third kappa shape index (κ3) is 3.67. The number of nitrogens with zero attached hydrogens (tertiary/aromatic N) is 3. The van der Waals surface area contributed by atoms with E-state index in [9.17, 15) is 9.59 Å². The van der Waals surface area contributed by atoms with Gasteiger partial charge in [0.15, 0.2) is 5.69 Å². The molecule has 2 aromatic rings. The summed E-state index contributed by atoms with van der Waals surface area (Å²) in [5.74, 6) is -0.475. The molecule has 0 radical (unpaired) electrons. The van der Waals surface area contributed by atoms with Gasteiger partial charge in [-0.25, -0.2) is 4.68 Å². The van der Waals surface area contributed by atoms with Gasteiger partial charge in [-0.1, -0.05) is 7.43 Å². The number of nitrogens with one attached hydrogen (secondary N) is 1. The molecule has 2 rings (SSSR count). The molecule has 0 spiro atoms. The molecule has 22 heavy (non-hydrogen) atoms. The van der Waals surface area contributed by atoms with Crippen molar-refractivity contribution >= 4 is 5.78 Å². The second kappa shape index (κ2) is 7.55. The third-order valence-corrected chi connectivity index (χ3v) is 2.70. The Balaban J connectivity index is 0.00000242. The quantitative estimate of drug-likeness (QED) is 0.684. The Morgan fingerprint density at radius 1 is 1.32 bits per heavy atom. The van der Waals surface area contributed by atoms with Crippen molar-refractivity contribution < 1.29 is 4.79 Å². The van der Waals surface area contributed by atoms with Crippen LogP contribution < -0.4 is 10.7 Å². The van der Waals surface area contributed by atoms with Crippen LogP contribution in [0.15, 0.2) is 53.6 Å². The molecule has 0 aliphatic carbocycles. The largest absolute Gasteiger partial charge is 0.394 e. The van der Waals surface area contributed by atoms with E-state index in [2.05, 4.69) is 10.4 Å². The highest BCUT2D eigenvalue weighted by atomic mass is 16.1. The molecule has 0 fully saturated rings. The fourth-order valence-electron chi connectivity index (χ4n) is 1.65. The zero-order valence-electron chi connectivity index (χ0n) is 11.3. The molecule has 0 saturated heterocycles. The lowest BCUT2D eigenvalue weighted by molar-refractivity contribution is 0.103. The molecule has 0 bridgehead atoms. The number of benzene rings is 1. The Kier molecular flexibility index (Phi) is 5.78. The number of aromatic nitrogens is 2. The van der Waals surface area contributed by atoms with Gasteiger partial charge in [0.2, 0.25) is 11.2 Å². The van der Waals surface area contributed by atoms with Crippen molar-refractivity contribution in [3.05, 3.63) is 70.3 Å². The van der Waals surface area contributed by atoms with Crippen LogP contribution in [-0.4, -0.2) is 22.6 Å². The van der Waals surface area contributed by atoms with E-state index in [-0.39, 0.29) is 13.1 Å². The predicted molar refractivity (Wildman–Crippen MR) is 83.8 cm³/mol. The zero-order valence-corrected chi connectivity index (χ0v) is 11.3. The monoisotopic (exact) mass is 296 g/mol. The Bertz CT molecular complexity index is 783. The Morgan fingerprint density at radius 2 is 2.00 bits per heavy atom. The van der Waals surface area contributed by atoms with Gasteiger partial charge in [0, 0.05) is 31.6 Å². The number of hydrogen-bond donors (Lipinski definition) is 1. The minimum atomic E-state index is -0.475. The molecule has 1 heterocycles. The lowest BCUT2D eigenvalue weighted by Crippen LogP contribution is -2.19. The zero-order chi connectivity index (χ0) is 15.2. The average molecular weight is 296 g/mol. The Labute approximate surface area is 128 Å². The van der Waals surface area contributed by atoms with Crippen molar-refractivity contribution in [2.75, 3.05) is 7.05 Å². The first-order valence-corrected chi connectivity index (χ1v) is 6.14. The Hall–Kier alpha value is -3.20. The number of carbonyl (C=O) groups is 1. The molecule has 0 amide bonds. The number of rotatable bonds is 4. The molecule has 6 nitrogen and oxygen atoms in total. The van der Waals surface area contributed by atoms with Crippen molar-refractivity contribution in [2.45, 2.75) is 7.43 Å². The van der Waals surface area contributed by atoms with Gasteiger partial charge in [0.05, 0.1) is 17.3 Å². The molecule has 112 valence electrons. The minimum absolute atomic E-state index is 0. The number of ketones is 1. The van der Waals surface area contributed by atoms with Crippen LogP contribution in [-0.2, 0) is 0 Å². The van der Waals surface area contributed by atoms with E-state index in [1.165, 1.54) is 29.2 Å². The normalized spacial score (nSPS) is 9.82. The molecule has 1 aromatic carbocycles. The summed E-state index contributed by atoms with van der Waals surface area (Å²) in [5, 5.41) is 15.5. The molecule has 6 heteroatoms. The van der Waals surface area contributed by atoms with Crippen LogP contribution in [0, 0.1) is 11.3 Å². The fourth-order valence-corrected chi connectivity index (χ4v) is 1.65. The molecular weight excluding hydrogens is 280 g/mol. The standard InChI is InChI=1S/C15H12N4O2.CH4/c1-17-8-6-13(20)15-14(21)7-9-19(18-15)12-4-2-11(10-16)3-5-12;/h2-9,17H,1H3;1H4. The molecule has 0 atom stereocenters. The van der Waals surface area contributed by atoms with Crippen LogP contribution in [0.2, 0.25) is 0 Å². The first kappa shape index (κ1) is 16.9. The SMILES string of the molecule is C.CNC=CC(=O)c1nn(-c2ccc(C#N)cc2)ccc1=O. The van der Waals surface area contributed by atoms with Gasteiger partial charge < -0.3 is 5.32 Å². The second-order valence-electron chi connectivity index (χ2n) is 4.12. The molecule has 1 aromatic heterocycles. The lowest BCUT2D eigenvalue weighted by Gasteiger charge is -2.06.